The molecule has 2 amide bonds. The summed E-state index contributed by atoms with van der Waals surface area (Å²) in [5.74, 6) is -0.0796. The fourth-order valence-electron chi connectivity index (χ4n) is 1.77. The van der Waals surface area contributed by atoms with Crippen molar-refractivity contribution in [2.24, 2.45) is 5.92 Å². The maximum Gasteiger partial charge on any atom is 0.261 e. The Labute approximate surface area is 103 Å². The standard InChI is InChI=1S/C12H12BrNO2/c1-8(6-13)7-14-11(15)9-4-2-3-5-10(9)12(14)16/h2-5,8H,6-7H2,1H3/t8-/m0/s1. The zero-order valence-electron chi connectivity index (χ0n) is 8.94. The number of fused-ring (bicyclic) bond motifs is 1. The minimum absolute atomic E-state index is 0.173. The summed E-state index contributed by atoms with van der Waals surface area (Å²) in [4.78, 5) is 25.2. The van der Waals surface area contributed by atoms with Gasteiger partial charge in [-0.1, -0.05) is 35.0 Å². The van der Waals surface area contributed by atoms with Crippen LogP contribution in [0.4, 0.5) is 0 Å². The minimum Gasteiger partial charge on any atom is -0.274 e. The largest absolute Gasteiger partial charge is 0.274 e. The van der Waals surface area contributed by atoms with E-state index in [-0.39, 0.29) is 17.7 Å². The molecular formula is C12H12BrNO2. The molecule has 0 aromatic heterocycles. The maximum absolute atomic E-state index is 11.9. The molecule has 1 atom stereocenters. The highest BCUT2D eigenvalue weighted by molar-refractivity contribution is 9.09. The average molecular weight is 282 g/mol. The molecule has 0 bridgehead atoms. The Balaban J connectivity index is 2.28. The summed E-state index contributed by atoms with van der Waals surface area (Å²) in [6.07, 6.45) is 0. The van der Waals surface area contributed by atoms with Gasteiger partial charge < -0.3 is 0 Å². The second-order valence-electron chi connectivity index (χ2n) is 4.03. The molecular weight excluding hydrogens is 270 g/mol. The van der Waals surface area contributed by atoms with E-state index in [0.29, 0.717) is 17.7 Å². The van der Waals surface area contributed by atoms with E-state index in [1.54, 1.807) is 24.3 Å². The smallest absolute Gasteiger partial charge is 0.261 e. The Hall–Kier alpha value is -1.16. The normalized spacial score (nSPS) is 16.5. The van der Waals surface area contributed by atoms with Gasteiger partial charge in [0, 0.05) is 11.9 Å². The fourth-order valence-corrected chi connectivity index (χ4v) is 1.97. The van der Waals surface area contributed by atoms with Crippen molar-refractivity contribution in [3.05, 3.63) is 35.4 Å². The molecule has 1 aromatic rings. The van der Waals surface area contributed by atoms with E-state index >= 15 is 0 Å². The molecule has 2 rings (SSSR count). The van der Waals surface area contributed by atoms with Crippen molar-refractivity contribution >= 4 is 27.7 Å². The summed E-state index contributed by atoms with van der Waals surface area (Å²) in [5.41, 5.74) is 1.04. The molecule has 0 fully saturated rings. The third-order valence-electron chi connectivity index (χ3n) is 2.64. The lowest BCUT2D eigenvalue weighted by Gasteiger charge is -2.17. The number of hydrogen-bond acceptors (Lipinski definition) is 2. The number of carbonyl (C=O) groups is 2. The van der Waals surface area contributed by atoms with E-state index in [0.717, 1.165) is 5.33 Å². The van der Waals surface area contributed by atoms with Gasteiger partial charge in [-0.25, -0.2) is 0 Å². The van der Waals surface area contributed by atoms with Gasteiger partial charge in [0.15, 0.2) is 0 Å². The van der Waals surface area contributed by atoms with Crippen molar-refractivity contribution in [2.45, 2.75) is 6.92 Å². The molecule has 16 heavy (non-hydrogen) atoms. The van der Waals surface area contributed by atoms with Gasteiger partial charge in [0.1, 0.15) is 0 Å². The number of nitrogens with zero attached hydrogens (tertiary/aromatic N) is 1. The molecule has 0 aliphatic carbocycles. The number of carbonyl (C=O) groups excluding carboxylic acids is 2. The lowest BCUT2D eigenvalue weighted by Crippen LogP contribution is -2.34. The monoisotopic (exact) mass is 281 g/mol. The topological polar surface area (TPSA) is 37.4 Å². The summed E-state index contributed by atoms with van der Waals surface area (Å²) in [5, 5.41) is 0.778. The number of alkyl halides is 1. The summed E-state index contributed by atoms with van der Waals surface area (Å²) in [7, 11) is 0. The summed E-state index contributed by atoms with van der Waals surface area (Å²) >= 11 is 3.35. The van der Waals surface area contributed by atoms with Crippen molar-refractivity contribution < 1.29 is 9.59 Å². The highest BCUT2D eigenvalue weighted by Crippen LogP contribution is 2.23. The lowest BCUT2D eigenvalue weighted by molar-refractivity contribution is 0.0637. The van der Waals surface area contributed by atoms with E-state index in [2.05, 4.69) is 15.9 Å². The number of benzene rings is 1. The second-order valence-corrected chi connectivity index (χ2v) is 4.67. The number of hydrogen-bond donors (Lipinski definition) is 0. The lowest BCUT2D eigenvalue weighted by atomic mass is 10.1. The molecule has 0 saturated heterocycles. The zero-order valence-corrected chi connectivity index (χ0v) is 10.5. The van der Waals surface area contributed by atoms with Crippen LogP contribution in [-0.2, 0) is 0 Å². The van der Waals surface area contributed by atoms with Gasteiger partial charge in [-0.3, -0.25) is 14.5 Å². The van der Waals surface area contributed by atoms with E-state index in [9.17, 15) is 9.59 Å². The van der Waals surface area contributed by atoms with Crippen LogP contribution in [0.5, 0.6) is 0 Å². The Morgan fingerprint density at radius 2 is 1.69 bits per heavy atom. The van der Waals surface area contributed by atoms with Gasteiger partial charge in [0.25, 0.3) is 11.8 Å². The van der Waals surface area contributed by atoms with E-state index in [1.165, 1.54) is 4.90 Å². The van der Waals surface area contributed by atoms with Gasteiger partial charge in [0.2, 0.25) is 0 Å². The van der Waals surface area contributed by atoms with Crippen LogP contribution in [0.15, 0.2) is 24.3 Å². The molecule has 1 aliphatic heterocycles. The summed E-state index contributed by atoms with van der Waals surface area (Å²) in [6.45, 7) is 2.47. The molecule has 0 saturated carbocycles. The van der Waals surface area contributed by atoms with Crippen LogP contribution in [0.3, 0.4) is 0 Å². The Kier molecular flexibility index (Phi) is 3.10. The maximum atomic E-state index is 11.9. The van der Waals surface area contributed by atoms with Crippen LogP contribution in [0.25, 0.3) is 0 Å². The predicted octanol–water partition coefficient (Wildman–Crippen LogP) is 2.31. The average Bonchev–Trinajstić information content (AvgIpc) is 2.55. The van der Waals surface area contributed by atoms with Gasteiger partial charge >= 0.3 is 0 Å². The molecule has 1 aliphatic rings. The van der Waals surface area contributed by atoms with E-state index in [4.69, 9.17) is 0 Å². The third kappa shape index (κ3) is 1.78. The van der Waals surface area contributed by atoms with E-state index in [1.807, 2.05) is 6.92 Å². The van der Waals surface area contributed by atoms with Gasteiger partial charge in [0.05, 0.1) is 11.1 Å². The van der Waals surface area contributed by atoms with Crippen molar-refractivity contribution in [1.82, 2.24) is 4.90 Å². The Morgan fingerprint density at radius 3 is 2.12 bits per heavy atom. The molecule has 0 unspecified atom stereocenters. The quantitative estimate of drug-likeness (QED) is 0.630. The first kappa shape index (κ1) is 11.3. The first-order valence-electron chi connectivity index (χ1n) is 5.16. The van der Waals surface area contributed by atoms with Gasteiger partial charge in [-0.15, -0.1) is 0 Å². The van der Waals surface area contributed by atoms with Crippen LogP contribution in [0.1, 0.15) is 27.6 Å². The first-order valence-corrected chi connectivity index (χ1v) is 6.28. The number of amides is 2. The summed E-state index contributed by atoms with van der Waals surface area (Å²) < 4.78 is 0. The molecule has 0 spiro atoms. The van der Waals surface area contributed by atoms with Crippen molar-refractivity contribution in [3.63, 3.8) is 0 Å². The highest BCUT2D eigenvalue weighted by Gasteiger charge is 2.35. The molecule has 0 radical (unpaired) electrons. The van der Waals surface area contributed by atoms with Gasteiger partial charge in [-0.2, -0.15) is 0 Å². The zero-order chi connectivity index (χ0) is 11.7. The van der Waals surface area contributed by atoms with Crippen molar-refractivity contribution in [3.8, 4) is 0 Å². The molecule has 3 nitrogen and oxygen atoms in total. The first-order chi connectivity index (χ1) is 7.65. The minimum atomic E-state index is -0.173. The molecule has 84 valence electrons. The fraction of sp³-hybridized carbons (Fsp3) is 0.333. The third-order valence-corrected chi connectivity index (χ3v) is 3.74. The Bertz CT molecular complexity index is 409. The predicted molar refractivity (Wildman–Crippen MR) is 64.8 cm³/mol. The van der Waals surface area contributed by atoms with Crippen LogP contribution >= 0.6 is 15.9 Å². The van der Waals surface area contributed by atoms with Crippen LogP contribution < -0.4 is 0 Å². The SMILES string of the molecule is C[C@@H](CBr)CN1C(=O)c2ccccc2C1=O. The van der Waals surface area contributed by atoms with Crippen molar-refractivity contribution in [2.75, 3.05) is 11.9 Å². The number of imide groups is 1. The van der Waals surface area contributed by atoms with E-state index < -0.39 is 0 Å². The second kappa shape index (κ2) is 4.37. The molecule has 4 heteroatoms. The molecule has 1 aromatic carbocycles. The van der Waals surface area contributed by atoms with Gasteiger partial charge in [-0.05, 0) is 18.1 Å². The van der Waals surface area contributed by atoms with Crippen LogP contribution in [0.2, 0.25) is 0 Å². The number of halogens is 1. The number of rotatable bonds is 3. The van der Waals surface area contributed by atoms with Crippen LogP contribution in [0, 0.1) is 5.92 Å². The molecule has 1 heterocycles. The highest BCUT2D eigenvalue weighted by atomic mass is 79.9. The van der Waals surface area contributed by atoms with Crippen LogP contribution in [-0.4, -0.2) is 28.6 Å². The Morgan fingerprint density at radius 1 is 1.19 bits per heavy atom. The molecule has 0 N–H and O–H groups in total. The van der Waals surface area contributed by atoms with Crippen molar-refractivity contribution in [1.29, 1.82) is 0 Å². The summed E-state index contributed by atoms with van der Waals surface area (Å²) in [6, 6.07) is 6.96.